The van der Waals surface area contributed by atoms with Crippen molar-refractivity contribution < 1.29 is 9.53 Å². The molecule has 0 aliphatic rings. The van der Waals surface area contributed by atoms with Gasteiger partial charge in [0.25, 0.3) is 0 Å². The van der Waals surface area contributed by atoms with Gasteiger partial charge in [0.1, 0.15) is 11.6 Å². The Kier molecular flexibility index (Phi) is 5.76. The summed E-state index contributed by atoms with van der Waals surface area (Å²) in [4.78, 5) is 21.7. The summed E-state index contributed by atoms with van der Waals surface area (Å²) in [5, 5.41) is 2.91. The highest BCUT2D eigenvalue weighted by molar-refractivity contribution is 5.92. The minimum atomic E-state index is -0.0311. The van der Waals surface area contributed by atoms with Crippen LogP contribution in [0.4, 0.5) is 5.69 Å². The zero-order chi connectivity index (χ0) is 16.8. The molecule has 1 amide bonds. The zero-order valence-electron chi connectivity index (χ0n) is 14.1. The van der Waals surface area contributed by atoms with Gasteiger partial charge < -0.3 is 15.0 Å². The van der Waals surface area contributed by atoms with Gasteiger partial charge in [-0.2, -0.15) is 0 Å². The molecule has 0 unspecified atom stereocenters. The van der Waals surface area contributed by atoms with E-state index in [1.54, 1.807) is 13.3 Å². The second-order valence-corrected chi connectivity index (χ2v) is 5.75. The van der Waals surface area contributed by atoms with Crippen LogP contribution in [-0.4, -0.2) is 41.5 Å². The van der Waals surface area contributed by atoms with Gasteiger partial charge in [0.05, 0.1) is 19.3 Å². The number of amides is 1. The van der Waals surface area contributed by atoms with Crippen molar-refractivity contribution in [2.45, 2.75) is 26.8 Å². The fraction of sp³-hybridized carbons (Fsp3) is 0.412. The second-order valence-electron chi connectivity index (χ2n) is 5.75. The van der Waals surface area contributed by atoms with Crippen LogP contribution in [-0.2, 0) is 11.3 Å². The van der Waals surface area contributed by atoms with Gasteiger partial charge in [-0.25, -0.2) is 4.98 Å². The normalized spacial score (nSPS) is 10.8. The maximum absolute atomic E-state index is 12.1. The molecule has 2 rings (SSSR count). The summed E-state index contributed by atoms with van der Waals surface area (Å²) in [6.45, 7) is 5.29. The molecule has 0 spiro atoms. The summed E-state index contributed by atoms with van der Waals surface area (Å²) in [7, 11) is 3.57. The number of nitrogens with zero attached hydrogens (tertiary/aromatic N) is 2. The number of carbonyl (C=O) groups excluding carboxylic acids is 1. The van der Waals surface area contributed by atoms with Crippen molar-refractivity contribution in [3.8, 4) is 5.75 Å². The summed E-state index contributed by atoms with van der Waals surface area (Å²) in [6, 6.07) is 5.72. The van der Waals surface area contributed by atoms with Crippen LogP contribution in [0.5, 0.6) is 5.75 Å². The van der Waals surface area contributed by atoms with Crippen molar-refractivity contribution in [1.82, 2.24) is 14.9 Å². The molecule has 0 radical (unpaired) electrons. The number of nitrogens with one attached hydrogen (secondary N) is 2. The Hall–Kier alpha value is -2.34. The topological polar surface area (TPSA) is 70.2 Å². The van der Waals surface area contributed by atoms with Crippen LogP contribution in [0.3, 0.4) is 0 Å². The van der Waals surface area contributed by atoms with E-state index in [0.717, 1.165) is 17.1 Å². The van der Waals surface area contributed by atoms with E-state index in [1.165, 1.54) is 0 Å². The first-order valence-electron chi connectivity index (χ1n) is 7.61. The molecule has 0 fully saturated rings. The van der Waals surface area contributed by atoms with Crippen molar-refractivity contribution >= 4 is 11.6 Å². The maximum Gasteiger partial charge on any atom is 0.225 e. The number of rotatable bonds is 7. The van der Waals surface area contributed by atoms with Crippen LogP contribution in [0.1, 0.15) is 23.5 Å². The number of methoxy groups -OCH3 is 1. The number of anilines is 1. The van der Waals surface area contributed by atoms with Crippen molar-refractivity contribution in [1.29, 1.82) is 0 Å². The van der Waals surface area contributed by atoms with Crippen LogP contribution in [0.15, 0.2) is 24.4 Å². The Labute approximate surface area is 136 Å². The van der Waals surface area contributed by atoms with Crippen LogP contribution in [0.25, 0.3) is 0 Å². The molecular weight excluding hydrogens is 292 g/mol. The fourth-order valence-electron chi connectivity index (χ4n) is 2.31. The summed E-state index contributed by atoms with van der Waals surface area (Å²) in [5.74, 6) is 1.55. The molecule has 0 saturated heterocycles. The predicted molar refractivity (Wildman–Crippen MR) is 90.6 cm³/mol. The molecule has 6 heteroatoms. The smallest absolute Gasteiger partial charge is 0.225 e. The number of H-pyrrole nitrogens is 1. The van der Waals surface area contributed by atoms with E-state index in [0.29, 0.717) is 30.9 Å². The fourth-order valence-corrected chi connectivity index (χ4v) is 2.31. The average molecular weight is 316 g/mol. The number of hydrogen-bond acceptors (Lipinski definition) is 4. The third-order valence-electron chi connectivity index (χ3n) is 3.52. The second kappa shape index (κ2) is 7.78. The Balaban J connectivity index is 1.84. The van der Waals surface area contributed by atoms with E-state index in [2.05, 4.69) is 20.2 Å². The Morgan fingerprint density at radius 1 is 1.39 bits per heavy atom. The van der Waals surface area contributed by atoms with Gasteiger partial charge in [0, 0.05) is 24.9 Å². The van der Waals surface area contributed by atoms with E-state index < -0.39 is 0 Å². The van der Waals surface area contributed by atoms with Crippen LogP contribution < -0.4 is 10.1 Å². The molecule has 124 valence electrons. The van der Waals surface area contributed by atoms with Crippen molar-refractivity contribution in [3.63, 3.8) is 0 Å². The number of aromatic nitrogens is 2. The monoisotopic (exact) mass is 316 g/mol. The van der Waals surface area contributed by atoms with Crippen molar-refractivity contribution in [2.75, 3.05) is 26.0 Å². The molecule has 2 N–H and O–H groups in total. The van der Waals surface area contributed by atoms with Crippen molar-refractivity contribution in [3.05, 3.63) is 41.5 Å². The van der Waals surface area contributed by atoms with Gasteiger partial charge >= 0.3 is 0 Å². The van der Waals surface area contributed by atoms with E-state index in [4.69, 9.17) is 4.74 Å². The summed E-state index contributed by atoms with van der Waals surface area (Å²) < 4.78 is 5.27. The lowest BCUT2D eigenvalue weighted by Gasteiger charge is -2.15. The van der Waals surface area contributed by atoms with Gasteiger partial charge in [-0.3, -0.25) is 9.69 Å². The van der Waals surface area contributed by atoms with Gasteiger partial charge in [0.2, 0.25) is 5.91 Å². The Morgan fingerprint density at radius 2 is 2.17 bits per heavy atom. The minimum Gasteiger partial charge on any atom is -0.495 e. The SMILES string of the molecule is COc1ccc(C)cc1NC(=O)CCN(C)Cc1ncc(C)[nH]1. The Bertz CT molecular complexity index is 666. The molecule has 0 aliphatic carbocycles. The zero-order valence-corrected chi connectivity index (χ0v) is 14.1. The van der Waals surface area contributed by atoms with E-state index >= 15 is 0 Å². The van der Waals surface area contributed by atoms with Gasteiger partial charge in [-0.05, 0) is 38.6 Å². The maximum atomic E-state index is 12.1. The molecule has 1 aromatic carbocycles. The number of benzene rings is 1. The molecule has 0 atom stereocenters. The first-order valence-corrected chi connectivity index (χ1v) is 7.61. The first kappa shape index (κ1) is 17.0. The lowest BCUT2D eigenvalue weighted by molar-refractivity contribution is -0.116. The highest BCUT2D eigenvalue weighted by atomic mass is 16.5. The third-order valence-corrected chi connectivity index (χ3v) is 3.52. The summed E-state index contributed by atoms with van der Waals surface area (Å²) >= 11 is 0. The molecule has 0 saturated carbocycles. The highest BCUT2D eigenvalue weighted by Crippen LogP contribution is 2.25. The van der Waals surface area contributed by atoms with Gasteiger partial charge in [-0.15, -0.1) is 0 Å². The Morgan fingerprint density at radius 3 is 2.83 bits per heavy atom. The number of ether oxygens (including phenoxy) is 1. The number of aromatic amines is 1. The van der Waals surface area contributed by atoms with Crippen LogP contribution >= 0.6 is 0 Å². The van der Waals surface area contributed by atoms with E-state index in [9.17, 15) is 4.79 Å². The average Bonchev–Trinajstić information content (AvgIpc) is 2.90. The lowest BCUT2D eigenvalue weighted by Crippen LogP contribution is -2.24. The van der Waals surface area contributed by atoms with Crippen LogP contribution in [0.2, 0.25) is 0 Å². The highest BCUT2D eigenvalue weighted by Gasteiger charge is 2.10. The third kappa shape index (κ3) is 5.10. The summed E-state index contributed by atoms with van der Waals surface area (Å²) in [6.07, 6.45) is 2.22. The molecular formula is C17H24N4O2. The summed E-state index contributed by atoms with van der Waals surface area (Å²) in [5.41, 5.74) is 2.82. The minimum absolute atomic E-state index is 0.0311. The largest absolute Gasteiger partial charge is 0.495 e. The van der Waals surface area contributed by atoms with E-state index in [1.807, 2.05) is 39.1 Å². The van der Waals surface area contributed by atoms with E-state index in [-0.39, 0.29) is 5.91 Å². The standard InChI is InChI=1S/C17H24N4O2/c1-12-5-6-15(23-4)14(9-12)20-17(22)7-8-21(3)11-16-18-10-13(2)19-16/h5-6,9-10H,7-8,11H2,1-4H3,(H,18,19)(H,20,22). The van der Waals surface area contributed by atoms with Gasteiger partial charge in [-0.1, -0.05) is 6.07 Å². The molecule has 1 heterocycles. The lowest BCUT2D eigenvalue weighted by atomic mass is 10.2. The number of imidazole rings is 1. The molecule has 2 aromatic rings. The van der Waals surface area contributed by atoms with Gasteiger partial charge in [0.15, 0.2) is 0 Å². The molecule has 0 aliphatic heterocycles. The van der Waals surface area contributed by atoms with Crippen LogP contribution in [0, 0.1) is 13.8 Å². The molecule has 0 bridgehead atoms. The molecule has 6 nitrogen and oxygen atoms in total. The predicted octanol–water partition coefficient (Wildman–Crippen LogP) is 2.50. The molecule has 1 aromatic heterocycles. The quantitative estimate of drug-likeness (QED) is 0.823. The number of aryl methyl sites for hydroxylation is 2. The van der Waals surface area contributed by atoms with Crippen molar-refractivity contribution in [2.24, 2.45) is 0 Å². The number of carbonyl (C=O) groups is 1. The molecule has 23 heavy (non-hydrogen) atoms. The first-order chi connectivity index (χ1) is 11.0. The number of hydrogen-bond donors (Lipinski definition) is 2.